The number of likely N-dealkylation sites (N-methyl/N-ethyl adjacent to an activating group) is 1. The quantitative estimate of drug-likeness (QED) is 0.398. The Morgan fingerprint density at radius 3 is 2.83 bits per heavy atom. The topological polar surface area (TPSA) is 104 Å². The van der Waals surface area contributed by atoms with E-state index in [2.05, 4.69) is 35.6 Å². The molecule has 3 atom stereocenters. The first-order valence-corrected chi connectivity index (χ1v) is 13.2. The highest BCUT2D eigenvalue weighted by molar-refractivity contribution is 5.88. The third-order valence-electron chi connectivity index (χ3n) is 7.53. The Hall–Kier alpha value is -3.15. The van der Waals surface area contributed by atoms with Gasteiger partial charge in [0.25, 0.3) is 0 Å². The number of aromatic nitrogens is 3. The maximum atomic E-state index is 12.4. The minimum absolute atomic E-state index is 0.0693. The predicted molar refractivity (Wildman–Crippen MR) is 139 cm³/mol. The van der Waals surface area contributed by atoms with E-state index < -0.39 is 0 Å². The molecule has 2 aromatic heterocycles. The molecular weight excluding hydrogens is 456 g/mol. The van der Waals surface area contributed by atoms with E-state index in [-0.39, 0.29) is 31.1 Å². The number of hydrogen-bond donors (Lipinski definition) is 0. The highest BCUT2D eigenvalue weighted by Crippen LogP contribution is 2.29. The largest absolute Gasteiger partial charge is 0.444 e. The van der Waals surface area contributed by atoms with Crippen molar-refractivity contribution in [1.82, 2.24) is 19.4 Å². The molecule has 0 aliphatic carbocycles. The number of nitrogens with zero attached hydrogens (tertiary/aromatic N) is 6. The highest BCUT2D eigenvalue weighted by Gasteiger charge is 2.32. The zero-order valence-electron chi connectivity index (χ0n) is 22.2. The number of rotatable bonds is 12. The lowest BCUT2D eigenvalue weighted by atomic mass is 9.92. The van der Waals surface area contributed by atoms with E-state index in [1.54, 1.807) is 4.90 Å². The minimum Gasteiger partial charge on any atom is -0.444 e. The molecule has 3 rings (SSSR count). The molecule has 0 spiro atoms. The van der Waals surface area contributed by atoms with Crippen LogP contribution in [0.25, 0.3) is 11.0 Å². The number of carbonyl (C=O) groups excluding carboxylic acids is 2. The Morgan fingerprint density at radius 1 is 1.31 bits per heavy atom. The fourth-order valence-corrected chi connectivity index (χ4v) is 5.07. The summed E-state index contributed by atoms with van der Waals surface area (Å²) >= 11 is 0. The molecule has 1 fully saturated rings. The average molecular weight is 497 g/mol. The van der Waals surface area contributed by atoms with Gasteiger partial charge in [-0.15, -0.1) is 0 Å². The number of ether oxygens (including phenoxy) is 1. The SMILES string of the molecule is CCCCC(CC)CCC(=O)OCn1ccc2c(N(C)[C@H]3CN(C(=O)CC#N)CC[C@H]3C)ncnc21. The van der Waals surface area contributed by atoms with Crippen LogP contribution in [-0.4, -0.2) is 57.5 Å². The van der Waals surface area contributed by atoms with Gasteiger partial charge in [-0.3, -0.25) is 14.2 Å². The van der Waals surface area contributed by atoms with Gasteiger partial charge in [-0.25, -0.2) is 9.97 Å². The predicted octanol–water partition coefficient (Wildman–Crippen LogP) is 4.52. The van der Waals surface area contributed by atoms with Gasteiger partial charge in [-0.1, -0.05) is 46.5 Å². The number of fused-ring (bicyclic) bond motifs is 1. The van der Waals surface area contributed by atoms with Gasteiger partial charge >= 0.3 is 5.97 Å². The van der Waals surface area contributed by atoms with Crippen LogP contribution < -0.4 is 4.90 Å². The molecule has 0 saturated carbocycles. The molecule has 2 aromatic rings. The van der Waals surface area contributed by atoms with Crippen molar-refractivity contribution in [2.24, 2.45) is 11.8 Å². The summed E-state index contributed by atoms with van der Waals surface area (Å²) in [5, 5.41) is 9.78. The molecule has 9 heteroatoms. The minimum atomic E-state index is -0.184. The first-order chi connectivity index (χ1) is 17.4. The summed E-state index contributed by atoms with van der Waals surface area (Å²) in [4.78, 5) is 37.6. The second-order valence-corrected chi connectivity index (χ2v) is 9.94. The summed E-state index contributed by atoms with van der Waals surface area (Å²) in [6.07, 6.45) is 10.1. The Balaban J connectivity index is 1.66. The van der Waals surface area contributed by atoms with Crippen molar-refractivity contribution >= 4 is 28.7 Å². The smallest absolute Gasteiger partial charge is 0.307 e. The highest BCUT2D eigenvalue weighted by atomic mass is 16.5. The van der Waals surface area contributed by atoms with Gasteiger partial charge in [-0.05, 0) is 30.7 Å². The number of unbranched alkanes of at least 4 members (excludes halogenated alkanes) is 1. The first kappa shape index (κ1) is 27.4. The van der Waals surface area contributed by atoms with Crippen LogP contribution in [-0.2, 0) is 21.1 Å². The maximum Gasteiger partial charge on any atom is 0.307 e. The second kappa shape index (κ2) is 13.2. The third kappa shape index (κ3) is 6.74. The lowest BCUT2D eigenvalue weighted by Gasteiger charge is -2.42. The average Bonchev–Trinajstić information content (AvgIpc) is 3.30. The van der Waals surface area contributed by atoms with Crippen LogP contribution >= 0.6 is 0 Å². The van der Waals surface area contributed by atoms with Crippen molar-refractivity contribution in [3.05, 3.63) is 18.6 Å². The summed E-state index contributed by atoms with van der Waals surface area (Å²) < 4.78 is 7.40. The van der Waals surface area contributed by atoms with E-state index in [1.165, 1.54) is 25.6 Å². The van der Waals surface area contributed by atoms with Crippen molar-refractivity contribution in [3.63, 3.8) is 0 Å². The number of nitriles is 1. The molecule has 0 radical (unpaired) electrons. The van der Waals surface area contributed by atoms with Crippen LogP contribution in [0.1, 0.15) is 72.1 Å². The zero-order valence-corrected chi connectivity index (χ0v) is 22.2. The lowest BCUT2D eigenvalue weighted by molar-refractivity contribution is -0.147. The molecule has 1 amide bonds. The van der Waals surface area contributed by atoms with Crippen LogP contribution in [0.15, 0.2) is 18.6 Å². The van der Waals surface area contributed by atoms with Gasteiger partial charge in [0.1, 0.15) is 24.2 Å². The Bertz CT molecular complexity index is 1060. The number of anilines is 1. The second-order valence-electron chi connectivity index (χ2n) is 9.94. The van der Waals surface area contributed by atoms with Crippen molar-refractivity contribution in [3.8, 4) is 6.07 Å². The molecule has 36 heavy (non-hydrogen) atoms. The summed E-state index contributed by atoms with van der Waals surface area (Å²) in [6, 6.07) is 3.97. The number of carbonyl (C=O) groups is 2. The molecular formula is C27H40N6O3. The third-order valence-corrected chi connectivity index (χ3v) is 7.53. The van der Waals surface area contributed by atoms with Gasteiger partial charge in [0, 0.05) is 32.8 Å². The molecule has 1 unspecified atom stereocenters. The zero-order chi connectivity index (χ0) is 26.1. The monoisotopic (exact) mass is 496 g/mol. The van der Waals surface area contributed by atoms with Crippen molar-refractivity contribution in [2.75, 3.05) is 25.0 Å². The van der Waals surface area contributed by atoms with Crippen LogP contribution in [0.4, 0.5) is 5.82 Å². The number of piperidine rings is 1. The Kier molecular flexibility index (Phi) is 10.1. The van der Waals surface area contributed by atoms with Crippen molar-refractivity contribution < 1.29 is 14.3 Å². The number of amides is 1. The van der Waals surface area contributed by atoms with Crippen LogP contribution in [0.5, 0.6) is 0 Å². The van der Waals surface area contributed by atoms with Crippen molar-refractivity contribution in [1.29, 1.82) is 5.26 Å². The normalized spacial score (nSPS) is 18.6. The molecule has 9 nitrogen and oxygen atoms in total. The van der Waals surface area contributed by atoms with Gasteiger partial charge in [-0.2, -0.15) is 5.26 Å². The van der Waals surface area contributed by atoms with E-state index in [0.717, 1.165) is 30.5 Å². The summed E-state index contributed by atoms with van der Waals surface area (Å²) in [5.41, 5.74) is 0.704. The molecule has 0 aromatic carbocycles. The molecule has 3 heterocycles. The number of likely N-dealkylation sites (tertiary alicyclic amines) is 1. The summed E-state index contributed by atoms with van der Waals surface area (Å²) in [7, 11) is 1.99. The number of hydrogen-bond acceptors (Lipinski definition) is 7. The molecule has 196 valence electrons. The summed E-state index contributed by atoms with van der Waals surface area (Å²) in [5.74, 6) is 1.40. The fourth-order valence-electron chi connectivity index (χ4n) is 5.07. The lowest BCUT2D eigenvalue weighted by Crippen LogP contribution is -2.52. The number of esters is 1. The van der Waals surface area contributed by atoms with Gasteiger partial charge < -0.3 is 14.5 Å². The Labute approximate surface area is 214 Å². The van der Waals surface area contributed by atoms with E-state index in [1.807, 2.05) is 29.9 Å². The molecule has 1 aliphatic rings. The van der Waals surface area contributed by atoms with E-state index in [9.17, 15) is 9.59 Å². The van der Waals surface area contributed by atoms with Crippen LogP contribution in [0.3, 0.4) is 0 Å². The first-order valence-electron chi connectivity index (χ1n) is 13.2. The van der Waals surface area contributed by atoms with Crippen LogP contribution in [0.2, 0.25) is 0 Å². The van der Waals surface area contributed by atoms with Gasteiger partial charge in [0.05, 0.1) is 17.5 Å². The Morgan fingerprint density at radius 2 is 2.11 bits per heavy atom. The van der Waals surface area contributed by atoms with Crippen LogP contribution in [0, 0.1) is 23.2 Å². The van der Waals surface area contributed by atoms with E-state index >= 15 is 0 Å². The van der Waals surface area contributed by atoms with Gasteiger partial charge in [0.2, 0.25) is 5.91 Å². The van der Waals surface area contributed by atoms with E-state index in [0.29, 0.717) is 37.0 Å². The maximum absolute atomic E-state index is 12.4. The van der Waals surface area contributed by atoms with Gasteiger partial charge in [0.15, 0.2) is 6.73 Å². The van der Waals surface area contributed by atoms with Crippen molar-refractivity contribution in [2.45, 2.75) is 84.9 Å². The molecule has 1 aliphatic heterocycles. The standard InChI is InChI=1S/C27H40N6O3/c1-5-7-8-21(6-2)9-10-25(35)36-19-33-16-13-22-26(29-18-30-27(22)33)31(4)23-17-32(15-12-20(23)3)24(34)11-14-28/h13,16,18,20-21,23H,5-12,15,17,19H2,1-4H3/t20-,21?,23+/m1/s1. The summed E-state index contributed by atoms with van der Waals surface area (Å²) in [6.45, 7) is 7.90. The molecule has 1 saturated heterocycles. The molecule has 0 N–H and O–H groups in total. The molecule has 0 bridgehead atoms. The van der Waals surface area contributed by atoms with E-state index in [4.69, 9.17) is 10.00 Å². The fraction of sp³-hybridized carbons (Fsp3) is 0.667.